The number of piperidine rings is 1. The van der Waals surface area contributed by atoms with Crippen molar-refractivity contribution in [2.45, 2.75) is 32.4 Å². The molecule has 0 spiro atoms. The van der Waals surface area contributed by atoms with Gasteiger partial charge in [-0.25, -0.2) is 0 Å². The molecule has 3 nitrogen and oxygen atoms in total. The lowest BCUT2D eigenvalue weighted by molar-refractivity contribution is 0.306. The van der Waals surface area contributed by atoms with Crippen LogP contribution in [0.2, 0.25) is 10.0 Å². The number of nitrogens with one attached hydrogen (secondary N) is 1. The van der Waals surface area contributed by atoms with Crippen molar-refractivity contribution in [1.29, 1.82) is 0 Å². The van der Waals surface area contributed by atoms with Crippen molar-refractivity contribution in [3.05, 3.63) is 87.9 Å². The third-order valence-electron chi connectivity index (χ3n) is 5.36. The Bertz CT molecular complexity index is 969. The molecule has 3 aromatic rings. The summed E-state index contributed by atoms with van der Waals surface area (Å²) in [6, 6.07) is 22.1. The van der Waals surface area contributed by atoms with Crippen LogP contribution in [0, 0.1) is 0 Å². The van der Waals surface area contributed by atoms with Crippen molar-refractivity contribution in [1.82, 2.24) is 0 Å². The molecule has 0 amide bonds. The maximum atomic E-state index is 6.57. The number of benzene rings is 3. The van der Waals surface area contributed by atoms with Gasteiger partial charge in [0, 0.05) is 30.3 Å². The summed E-state index contributed by atoms with van der Waals surface area (Å²) in [7, 11) is 0. The number of halogens is 2. The second kappa shape index (κ2) is 10.1. The van der Waals surface area contributed by atoms with Crippen LogP contribution < -0.4 is 15.0 Å². The predicted molar refractivity (Wildman–Crippen MR) is 127 cm³/mol. The summed E-state index contributed by atoms with van der Waals surface area (Å²) in [5.41, 5.74) is 4.40. The fourth-order valence-corrected chi connectivity index (χ4v) is 4.13. The largest absolute Gasteiger partial charge is 0.489 e. The van der Waals surface area contributed by atoms with E-state index >= 15 is 0 Å². The average molecular weight is 441 g/mol. The molecule has 0 saturated carbocycles. The Kier molecular flexibility index (Phi) is 7.03. The molecule has 156 valence electrons. The Labute approximate surface area is 188 Å². The highest BCUT2D eigenvalue weighted by Crippen LogP contribution is 2.31. The van der Waals surface area contributed by atoms with E-state index < -0.39 is 0 Å². The van der Waals surface area contributed by atoms with Crippen LogP contribution in [0.15, 0.2) is 66.7 Å². The van der Waals surface area contributed by atoms with Crippen molar-refractivity contribution in [3.63, 3.8) is 0 Å². The highest BCUT2D eigenvalue weighted by atomic mass is 35.5. The molecule has 0 radical (unpaired) electrons. The zero-order valence-electron chi connectivity index (χ0n) is 16.9. The maximum Gasteiger partial charge on any atom is 0.120 e. The van der Waals surface area contributed by atoms with E-state index in [0.29, 0.717) is 13.2 Å². The molecule has 1 heterocycles. The van der Waals surface area contributed by atoms with Gasteiger partial charge in [0.05, 0.1) is 10.7 Å². The molecule has 4 rings (SSSR count). The molecular formula is C25H26Cl2N2O. The Balaban J connectivity index is 1.34. The topological polar surface area (TPSA) is 24.5 Å². The first kappa shape index (κ1) is 20.9. The van der Waals surface area contributed by atoms with Crippen LogP contribution in [-0.2, 0) is 13.2 Å². The first-order valence-electron chi connectivity index (χ1n) is 10.4. The normalized spacial score (nSPS) is 13.9. The van der Waals surface area contributed by atoms with Crippen LogP contribution in [0.5, 0.6) is 5.75 Å². The van der Waals surface area contributed by atoms with Crippen LogP contribution in [0.25, 0.3) is 0 Å². The van der Waals surface area contributed by atoms with Gasteiger partial charge in [-0.05, 0) is 72.9 Å². The third kappa shape index (κ3) is 5.62. The van der Waals surface area contributed by atoms with Gasteiger partial charge in [-0.15, -0.1) is 0 Å². The van der Waals surface area contributed by atoms with Gasteiger partial charge < -0.3 is 15.0 Å². The number of hydrogen-bond acceptors (Lipinski definition) is 3. The zero-order valence-corrected chi connectivity index (χ0v) is 18.4. The zero-order chi connectivity index (χ0) is 20.8. The molecule has 1 fully saturated rings. The molecule has 1 aliphatic heterocycles. The molecule has 0 aliphatic carbocycles. The van der Waals surface area contributed by atoms with Gasteiger partial charge in [0.2, 0.25) is 0 Å². The minimum Gasteiger partial charge on any atom is -0.489 e. The molecule has 5 heteroatoms. The van der Waals surface area contributed by atoms with Crippen molar-refractivity contribution < 1.29 is 4.74 Å². The molecular weight excluding hydrogens is 415 g/mol. The van der Waals surface area contributed by atoms with Gasteiger partial charge in [-0.3, -0.25) is 0 Å². The van der Waals surface area contributed by atoms with E-state index in [1.807, 2.05) is 42.5 Å². The average Bonchev–Trinajstić information content (AvgIpc) is 2.78. The minimum absolute atomic E-state index is 0.515. The van der Waals surface area contributed by atoms with E-state index in [0.717, 1.165) is 51.4 Å². The van der Waals surface area contributed by atoms with Crippen molar-refractivity contribution in [2.75, 3.05) is 23.3 Å². The summed E-state index contributed by atoms with van der Waals surface area (Å²) >= 11 is 12.5. The molecule has 3 aromatic carbocycles. The Morgan fingerprint density at radius 3 is 2.40 bits per heavy atom. The fraction of sp³-hybridized carbons (Fsp3) is 0.280. The summed E-state index contributed by atoms with van der Waals surface area (Å²) in [4.78, 5) is 2.39. The third-order valence-corrected chi connectivity index (χ3v) is 5.91. The summed E-state index contributed by atoms with van der Waals surface area (Å²) in [6.07, 6.45) is 3.80. The first-order valence-corrected chi connectivity index (χ1v) is 11.2. The lowest BCUT2D eigenvalue weighted by atomic mass is 10.1. The lowest BCUT2D eigenvalue weighted by Gasteiger charge is -2.29. The number of ether oxygens (including phenoxy) is 1. The Morgan fingerprint density at radius 1 is 0.833 bits per heavy atom. The van der Waals surface area contributed by atoms with Gasteiger partial charge in [0.15, 0.2) is 0 Å². The molecule has 0 atom stereocenters. The molecule has 30 heavy (non-hydrogen) atoms. The molecule has 0 aromatic heterocycles. The smallest absolute Gasteiger partial charge is 0.120 e. The molecule has 0 unspecified atom stereocenters. The van der Waals surface area contributed by atoms with Gasteiger partial charge in [-0.1, -0.05) is 47.5 Å². The van der Waals surface area contributed by atoms with Gasteiger partial charge >= 0.3 is 0 Å². The first-order chi connectivity index (χ1) is 14.7. The van der Waals surface area contributed by atoms with E-state index in [-0.39, 0.29) is 0 Å². The molecule has 1 aliphatic rings. The number of hydrogen-bond donors (Lipinski definition) is 1. The van der Waals surface area contributed by atoms with Gasteiger partial charge in [0.25, 0.3) is 0 Å². The van der Waals surface area contributed by atoms with Gasteiger partial charge in [0.1, 0.15) is 12.4 Å². The van der Waals surface area contributed by atoms with Gasteiger partial charge in [-0.2, -0.15) is 0 Å². The number of anilines is 2. The molecule has 0 bridgehead atoms. The van der Waals surface area contributed by atoms with E-state index in [9.17, 15) is 0 Å². The highest BCUT2D eigenvalue weighted by molar-refractivity contribution is 6.33. The highest BCUT2D eigenvalue weighted by Gasteiger charge is 2.14. The van der Waals surface area contributed by atoms with Crippen LogP contribution in [0.4, 0.5) is 11.4 Å². The minimum atomic E-state index is 0.515. The standard InChI is InChI=1S/C25H26Cl2N2O/c26-21-9-7-19(8-10-21)18-30-23-6-4-5-20(15-23)17-28-22-11-12-25(24(27)16-22)29-13-2-1-3-14-29/h4-12,15-16,28H,1-3,13-14,17-18H2. The van der Waals surface area contributed by atoms with Crippen molar-refractivity contribution in [3.8, 4) is 5.75 Å². The van der Waals surface area contributed by atoms with Crippen molar-refractivity contribution in [2.24, 2.45) is 0 Å². The van der Waals surface area contributed by atoms with Crippen LogP contribution in [0.3, 0.4) is 0 Å². The second-order valence-electron chi connectivity index (χ2n) is 7.63. The quantitative estimate of drug-likeness (QED) is 0.421. The summed E-state index contributed by atoms with van der Waals surface area (Å²) in [5.74, 6) is 0.850. The van der Waals surface area contributed by atoms with E-state index in [4.69, 9.17) is 27.9 Å². The SMILES string of the molecule is Clc1ccc(COc2cccc(CNc3ccc(N4CCCCC4)c(Cl)c3)c2)cc1. The molecule has 1 N–H and O–H groups in total. The van der Waals surface area contributed by atoms with E-state index in [1.165, 1.54) is 19.3 Å². The molecule has 1 saturated heterocycles. The predicted octanol–water partition coefficient (Wildman–Crippen LogP) is 7.17. The van der Waals surface area contributed by atoms with E-state index in [2.05, 4.69) is 34.5 Å². The van der Waals surface area contributed by atoms with Crippen molar-refractivity contribution >= 4 is 34.6 Å². The van der Waals surface area contributed by atoms with Crippen LogP contribution in [0.1, 0.15) is 30.4 Å². The van der Waals surface area contributed by atoms with Crippen LogP contribution in [-0.4, -0.2) is 13.1 Å². The summed E-state index contributed by atoms with van der Waals surface area (Å²) in [5, 5.41) is 5.01. The Hall–Kier alpha value is -2.36. The summed E-state index contributed by atoms with van der Waals surface area (Å²) in [6.45, 7) is 3.41. The summed E-state index contributed by atoms with van der Waals surface area (Å²) < 4.78 is 5.93. The van der Waals surface area contributed by atoms with E-state index in [1.54, 1.807) is 0 Å². The number of nitrogens with zero attached hydrogens (tertiary/aromatic N) is 1. The monoisotopic (exact) mass is 440 g/mol. The van der Waals surface area contributed by atoms with Crippen LogP contribution >= 0.6 is 23.2 Å². The lowest BCUT2D eigenvalue weighted by Crippen LogP contribution is -2.29. The fourth-order valence-electron chi connectivity index (χ4n) is 3.70. The second-order valence-corrected chi connectivity index (χ2v) is 8.47. The maximum absolute atomic E-state index is 6.57. The Morgan fingerprint density at radius 2 is 1.63 bits per heavy atom. The number of rotatable bonds is 7.